The summed E-state index contributed by atoms with van der Waals surface area (Å²) in [5.74, 6) is 0.853. The third-order valence-electron chi connectivity index (χ3n) is 5.54. The second-order valence-corrected chi connectivity index (χ2v) is 8.48. The third kappa shape index (κ3) is 4.91. The van der Waals surface area contributed by atoms with Gasteiger partial charge < -0.3 is 19.7 Å². The molecule has 0 spiro atoms. The highest BCUT2D eigenvalue weighted by Gasteiger charge is 2.34. The molecule has 32 heavy (non-hydrogen) atoms. The molecule has 1 N–H and O–H groups in total. The van der Waals surface area contributed by atoms with E-state index < -0.39 is 0 Å². The van der Waals surface area contributed by atoms with Crippen molar-refractivity contribution in [2.45, 2.75) is 12.8 Å². The van der Waals surface area contributed by atoms with Crippen LogP contribution in [0.3, 0.4) is 0 Å². The molecular formula is C24H25N3O4S. The molecule has 0 bridgehead atoms. The first-order chi connectivity index (χ1) is 15.6. The number of hydrogen-bond acceptors (Lipinski definition) is 6. The molecule has 8 heteroatoms. The summed E-state index contributed by atoms with van der Waals surface area (Å²) in [5.41, 5.74) is 2.77. The molecule has 1 saturated heterocycles. The van der Waals surface area contributed by atoms with E-state index in [1.165, 1.54) is 0 Å². The zero-order valence-electron chi connectivity index (χ0n) is 18.0. The van der Waals surface area contributed by atoms with E-state index in [2.05, 4.69) is 10.3 Å². The van der Waals surface area contributed by atoms with Crippen LogP contribution in [-0.2, 0) is 16.0 Å². The number of methoxy groups -OCH3 is 2. The first-order valence-corrected chi connectivity index (χ1v) is 11.2. The van der Waals surface area contributed by atoms with Crippen LogP contribution in [0.15, 0.2) is 54.0 Å². The van der Waals surface area contributed by atoms with Gasteiger partial charge >= 0.3 is 0 Å². The monoisotopic (exact) mass is 451 g/mol. The molecule has 2 heterocycles. The Labute approximate surface area is 191 Å². The maximum Gasteiger partial charge on any atom is 0.229 e. The minimum absolute atomic E-state index is 0.00439. The number of hydrogen-bond donors (Lipinski definition) is 1. The highest BCUT2D eigenvalue weighted by atomic mass is 32.1. The number of amides is 2. The summed E-state index contributed by atoms with van der Waals surface area (Å²) in [7, 11) is 3.20. The van der Waals surface area contributed by atoms with Crippen molar-refractivity contribution in [2.75, 3.05) is 32.6 Å². The highest BCUT2D eigenvalue weighted by Crippen LogP contribution is 2.28. The number of likely N-dealkylation sites (tertiary alicyclic amines) is 1. The van der Waals surface area contributed by atoms with Gasteiger partial charge in [-0.1, -0.05) is 6.07 Å². The lowest BCUT2D eigenvalue weighted by molar-refractivity contribution is -0.128. The number of carbonyl (C=O) groups is 2. The smallest absolute Gasteiger partial charge is 0.229 e. The summed E-state index contributed by atoms with van der Waals surface area (Å²) in [5, 5.41) is 5.80. The van der Waals surface area contributed by atoms with Crippen LogP contribution in [0.5, 0.6) is 11.5 Å². The summed E-state index contributed by atoms with van der Waals surface area (Å²) in [4.78, 5) is 31.2. The molecular weight excluding hydrogens is 426 g/mol. The predicted octanol–water partition coefficient (Wildman–Crippen LogP) is 3.86. The van der Waals surface area contributed by atoms with Gasteiger partial charge in [-0.3, -0.25) is 9.59 Å². The number of thiazole rings is 1. The van der Waals surface area contributed by atoms with Gasteiger partial charge in [0.05, 0.1) is 20.1 Å². The van der Waals surface area contributed by atoms with Crippen molar-refractivity contribution in [3.05, 3.63) is 59.6 Å². The van der Waals surface area contributed by atoms with Crippen molar-refractivity contribution in [3.8, 4) is 22.1 Å². The Kier molecular flexibility index (Phi) is 6.70. The average Bonchev–Trinajstić information content (AvgIpc) is 3.48. The van der Waals surface area contributed by atoms with E-state index in [1.54, 1.807) is 36.7 Å². The molecule has 3 aromatic rings. The summed E-state index contributed by atoms with van der Waals surface area (Å²) in [6.07, 6.45) is 2.68. The quantitative estimate of drug-likeness (QED) is 0.563. The fourth-order valence-corrected chi connectivity index (χ4v) is 4.42. The van der Waals surface area contributed by atoms with Gasteiger partial charge in [0.25, 0.3) is 0 Å². The average molecular weight is 452 g/mol. The number of benzene rings is 2. The van der Waals surface area contributed by atoms with Gasteiger partial charge in [0.2, 0.25) is 11.8 Å². The second-order valence-electron chi connectivity index (χ2n) is 7.58. The topological polar surface area (TPSA) is 80.8 Å². The van der Waals surface area contributed by atoms with Gasteiger partial charge in [0.15, 0.2) is 11.5 Å². The van der Waals surface area contributed by atoms with Crippen LogP contribution in [0.2, 0.25) is 0 Å². The third-order valence-corrected chi connectivity index (χ3v) is 6.36. The van der Waals surface area contributed by atoms with Crippen molar-refractivity contribution in [1.82, 2.24) is 9.88 Å². The molecule has 1 unspecified atom stereocenters. The maximum atomic E-state index is 12.7. The number of aromatic nitrogens is 1. The molecule has 1 aromatic heterocycles. The van der Waals surface area contributed by atoms with Crippen molar-refractivity contribution >= 4 is 28.8 Å². The first-order valence-electron chi connectivity index (χ1n) is 10.4. The van der Waals surface area contributed by atoms with Crippen LogP contribution >= 0.6 is 11.3 Å². The van der Waals surface area contributed by atoms with E-state index in [9.17, 15) is 9.59 Å². The Balaban J connectivity index is 1.31. The molecule has 2 aromatic carbocycles. The SMILES string of the molecule is COc1ccc(CCN2CC(C(=O)Nc3ccc(-c4nccs4)cc3)CC2=O)cc1OC. The lowest BCUT2D eigenvalue weighted by Crippen LogP contribution is -2.30. The minimum Gasteiger partial charge on any atom is -0.493 e. The molecule has 1 fully saturated rings. The van der Waals surface area contributed by atoms with Crippen molar-refractivity contribution in [1.29, 1.82) is 0 Å². The van der Waals surface area contributed by atoms with Crippen LogP contribution in [0.25, 0.3) is 10.6 Å². The van der Waals surface area contributed by atoms with Crippen LogP contribution < -0.4 is 14.8 Å². The number of anilines is 1. The lowest BCUT2D eigenvalue weighted by atomic mass is 10.1. The number of rotatable bonds is 8. The van der Waals surface area contributed by atoms with Crippen LogP contribution in [-0.4, -0.2) is 49.0 Å². The zero-order chi connectivity index (χ0) is 22.5. The van der Waals surface area contributed by atoms with E-state index in [0.29, 0.717) is 36.7 Å². The molecule has 0 radical (unpaired) electrons. The van der Waals surface area contributed by atoms with E-state index >= 15 is 0 Å². The fourth-order valence-electron chi connectivity index (χ4n) is 3.77. The second kappa shape index (κ2) is 9.82. The Morgan fingerprint density at radius 2 is 1.94 bits per heavy atom. The summed E-state index contributed by atoms with van der Waals surface area (Å²) in [6.45, 7) is 0.982. The molecule has 7 nitrogen and oxygen atoms in total. The molecule has 1 atom stereocenters. The lowest BCUT2D eigenvalue weighted by Gasteiger charge is -2.17. The van der Waals surface area contributed by atoms with Crippen LogP contribution in [0.1, 0.15) is 12.0 Å². The molecule has 4 rings (SSSR count). The standard InChI is InChI=1S/C24H25N3O4S/c1-30-20-8-3-16(13-21(20)31-2)9-11-27-15-18(14-22(27)28)23(29)26-19-6-4-17(5-7-19)24-25-10-12-32-24/h3-8,10,12-13,18H,9,11,14-15H2,1-2H3,(H,26,29). The van der Waals surface area contributed by atoms with Crippen molar-refractivity contribution in [2.24, 2.45) is 5.92 Å². The molecule has 1 aliphatic heterocycles. The zero-order valence-corrected chi connectivity index (χ0v) is 18.9. The van der Waals surface area contributed by atoms with Gasteiger partial charge in [0.1, 0.15) is 5.01 Å². The summed E-state index contributed by atoms with van der Waals surface area (Å²) < 4.78 is 10.6. The van der Waals surface area contributed by atoms with Crippen LogP contribution in [0.4, 0.5) is 5.69 Å². The Bertz CT molecular complexity index is 1080. The fraction of sp³-hybridized carbons (Fsp3) is 0.292. The minimum atomic E-state index is -0.355. The molecule has 0 aliphatic carbocycles. The Morgan fingerprint density at radius 3 is 2.62 bits per heavy atom. The van der Waals surface area contributed by atoms with E-state index in [4.69, 9.17) is 9.47 Å². The first kappa shape index (κ1) is 21.8. The number of carbonyl (C=O) groups excluding carboxylic acids is 2. The van der Waals surface area contributed by atoms with Gasteiger partial charge in [-0.2, -0.15) is 0 Å². The number of nitrogens with zero attached hydrogens (tertiary/aromatic N) is 2. The number of ether oxygens (including phenoxy) is 2. The van der Waals surface area contributed by atoms with E-state index in [-0.39, 0.29) is 24.2 Å². The number of nitrogens with one attached hydrogen (secondary N) is 1. The molecule has 1 aliphatic rings. The maximum absolute atomic E-state index is 12.7. The van der Waals surface area contributed by atoms with Crippen LogP contribution in [0, 0.1) is 5.92 Å². The van der Waals surface area contributed by atoms with Gasteiger partial charge in [-0.15, -0.1) is 11.3 Å². The molecule has 166 valence electrons. The normalized spacial score (nSPS) is 15.6. The predicted molar refractivity (Wildman–Crippen MR) is 124 cm³/mol. The van der Waals surface area contributed by atoms with Gasteiger partial charge in [0, 0.05) is 42.3 Å². The Hall–Kier alpha value is -3.39. The van der Waals surface area contributed by atoms with Crippen molar-refractivity contribution < 1.29 is 19.1 Å². The highest BCUT2D eigenvalue weighted by molar-refractivity contribution is 7.13. The molecule has 0 saturated carbocycles. The van der Waals surface area contributed by atoms with Gasteiger partial charge in [-0.25, -0.2) is 4.98 Å². The summed E-state index contributed by atoms with van der Waals surface area (Å²) >= 11 is 1.57. The van der Waals surface area contributed by atoms with Crippen molar-refractivity contribution in [3.63, 3.8) is 0 Å². The van der Waals surface area contributed by atoms with E-state index in [1.807, 2.05) is 47.8 Å². The Morgan fingerprint density at radius 1 is 1.16 bits per heavy atom. The largest absolute Gasteiger partial charge is 0.493 e. The summed E-state index contributed by atoms with van der Waals surface area (Å²) in [6, 6.07) is 13.3. The molecule has 2 amide bonds. The van der Waals surface area contributed by atoms with E-state index in [0.717, 1.165) is 16.1 Å². The van der Waals surface area contributed by atoms with Gasteiger partial charge in [-0.05, 0) is 48.4 Å².